The molecule has 0 bridgehead atoms. The van der Waals surface area contributed by atoms with E-state index in [1.165, 1.54) is 0 Å². The highest BCUT2D eigenvalue weighted by atomic mass is 16.5. The second-order valence-electron chi connectivity index (χ2n) is 4.77. The molecule has 1 aromatic carbocycles. The van der Waals surface area contributed by atoms with Gasteiger partial charge >= 0.3 is 6.03 Å². The molecule has 19 heavy (non-hydrogen) atoms. The number of carbonyl (C=O) groups excluding carboxylic acids is 1. The van der Waals surface area contributed by atoms with E-state index in [1.54, 1.807) is 31.2 Å². The number of hydrogen-bond acceptors (Lipinski definition) is 3. The van der Waals surface area contributed by atoms with Crippen LogP contribution in [0.15, 0.2) is 24.3 Å². The van der Waals surface area contributed by atoms with Gasteiger partial charge in [-0.2, -0.15) is 0 Å². The van der Waals surface area contributed by atoms with E-state index >= 15 is 0 Å². The number of hydrogen-bond donors (Lipinski definition) is 3. The van der Waals surface area contributed by atoms with Crippen molar-refractivity contribution in [1.29, 1.82) is 0 Å². The van der Waals surface area contributed by atoms with Crippen LogP contribution in [0.4, 0.5) is 10.5 Å². The van der Waals surface area contributed by atoms with Crippen LogP contribution in [0, 0.1) is 0 Å². The van der Waals surface area contributed by atoms with Crippen LogP contribution in [-0.2, 0) is 4.74 Å². The van der Waals surface area contributed by atoms with Crippen molar-refractivity contribution in [3.05, 3.63) is 29.8 Å². The Balaban J connectivity index is 1.77. The molecule has 1 aliphatic heterocycles. The number of aliphatic hydroxyl groups is 1. The topological polar surface area (TPSA) is 70.6 Å². The fourth-order valence-corrected chi connectivity index (χ4v) is 2.03. The molecule has 2 rings (SSSR count). The summed E-state index contributed by atoms with van der Waals surface area (Å²) in [5, 5.41) is 14.9. The maximum atomic E-state index is 11.7. The molecule has 2 amide bonds. The summed E-state index contributed by atoms with van der Waals surface area (Å²) in [5.74, 6) is 0. The minimum Gasteiger partial charge on any atom is -0.389 e. The van der Waals surface area contributed by atoms with Crippen LogP contribution in [-0.4, -0.2) is 30.4 Å². The molecule has 1 heterocycles. The summed E-state index contributed by atoms with van der Waals surface area (Å²) in [7, 11) is 0. The zero-order valence-electron chi connectivity index (χ0n) is 11.1. The van der Waals surface area contributed by atoms with Gasteiger partial charge in [0.05, 0.1) is 12.2 Å². The van der Waals surface area contributed by atoms with E-state index in [9.17, 15) is 9.90 Å². The number of benzene rings is 1. The smallest absolute Gasteiger partial charge is 0.319 e. The zero-order chi connectivity index (χ0) is 13.7. The molecule has 2 atom stereocenters. The van der Waals surface area contributed by atoms with E-state index in [1.807, 2.05) is 0 Å². The molecule has 5 heteroatoms. The van der Waals surface area contributed by atoms with E-state index in [0.717, 1.165) is 25.0 Å². The van der Waals surface area contributed by atoms with E-state index in [0.29, 0.717) is 12.2 Å². The summed E-state index contributed by atoms with van der Waals surface area (Å²) in [6.07, 6.45) is 1.71. The van der Waals surface area contributed by atoms with Crippen molar-refractivity contribution in [2.75, 3.05) is 18.5 Å². The first kappa shape index (κ1) is 13.8. The molecule has 1 aromatic rings. The first-order valence-corrected chi connectivity index (χ1v) is 6.59. The molecule has 2 unspecified atom stereocenters. The Kier molecular flexibility index (Phi) is 4.76. The van der Waals surface area contributed by atoms with Crippen LogP contribution in [0.25, 0.3) is 0 Å². The molecule has 5 nitrogen and oxygen atoms in total. The van der Waals surface area contributed by atoms with Crippen LogP contribution in [0.5, 0.6) is 0 Å². The summed E-state index contributed by atoms with van der Waals surface area (Å²) in [6.45, 7) is 3.03. The number of urea groups is 1. The number of amides is 2. The molecular weight excluding hydrogens is 244 g/mol. The van der Waals surface area contributed by atoms with Crippen molar-refractivity contribution in [2.24, 2.45) is 0 Å². The van der Waals surface area contributed by atoms with Crippen molar-refractivity contribution in [2.45, 2.75) is 32.0 Å². The Labute approximate surface area is 113 Å². The molecule has 104 valence electrons. The lowest BCUT2D eigenvalue weighted by Gasteiger charge is -2.12. The lowest BCUT2D eigenvalue weighted by molar-refractivity contribution is 0.112. The van der Waals surface area contributed by atoms with Crippen LogP contribution >= 0.6 is 0 Å². The van der Waals surface area contributed by atoms with Crippen molar-refractivity contribution >= 4 is 11.7 Å². The van der Waals surface area contributed by atoms with E-state index in [2.05, 4.69) is 10.6 Å². The summed E-state index contributed by atoms with van der Waals surface area (Å²) < 4.78 is 5.43. The molecule has 0 spiro atoms. The van der Waals surface area contributed by atoms with Gasteiger partial charge in [0.2, 0.25) is 0 Å². The largest absolute Gasteiger partial charge is 0.389 e. The standard InChI is InChI=1S/C14H20N2O3/c1-10(17)11-4-6-12(7-5-11)16-14(18)15-9-13-3-2-8-19-13/h4-7,10,13,17H,2-3,8-9H2,1H3,(H2,15,16,18). The minimum atomic E-state index is -0.498. The average Bonchev–Trinajstić information content (AvgIpc) is 2.90. The van der Waals surface area contributed by atoms with Gasteiger partial charge in [-0.05, 0) is 37.5 Å². The van der Waals surface area contributed by atoms with Crippen LogP contribution in [0.2, 0.25) is 0 Å². The lowest BCUT2D eigenvalue weighted by atomic mass is 10.1. The normalized spacial score (nSPS) is 20.0. The summed E-state index contributed by atoms with van der Waals surface area (Å²) >= 11 is 0. The molecule has 1 saturated heterocycles. The number of nitrogens with one attached hydrogen (secondary N) is 2. The van der Waals surface area contributed by atoms with Gasteiger partial charge in [0.1, 0.15) is 0 Å². The van der Waals surface area contributed by atoms with Crippen LogP contribution in [0.3, 0.4) is 0 Å². The van der Waals surface area contributed by atoms with E-state index in [-0.39, 0.29) is 12.1 Å². The van der Waals surface area contributed by atoms with Crippen molar-refractivity contribution < 1.29 is 14.6 Å². The van der Waals surface area contributed by atoms with Gasteiger partial charge in [-0.25, -0.2) is 4.79 Å². The Hall–Kier alpha value is -1.59. The molecular formula is C14H20N2O3. The van der Waals surface area contributed by atoms with Gasteiger partial charge in [0.15, 0.2) is 0 Å². The van der Waals surface area contributed by atoms with Gasteiger partial charge in [0.25, 0.3) is 0 Å². The van der Waals surface area contributed by atoms with Gasteiger partial charge in [-0.3, -0.25) is 0 Å². The van der Waals surface area contributed by atoms with Crippen LogP contribution in [0.1, 0.15) is 31.4 Å². The maximum absolute atomic E-state index is 11.7. The van der Waals surface area contributed by atoms with E-state index in [4.69, 9.17) is 4.74 Å². The third kappa shape index (κ3) is 4.22. The average molecular weight is 264 g/mol. The predicted octanol–water partition coefficient (Wildman–Crippen LogP) is 2.04. The monoisotopic (exact) mass is 264 g/mol. The summed E-state index contributed by atoms with van der Waals surface area (Å²) in [5.41, 5.74) is 1.53. The molecule has 3 N–H and O–H groups in total. The Bertz CT molecular complexity index is 411. The van der Waals surface area contributed by atoms with Gasteiger partial charge < -0.3 is 20.5 Å². The third-order valence-electron chi connectivity index (χ3n) is 3.17. The summed E-state index contributed by atoms with van der Waals surface area (Å²) in [4.78, 5) is 11.7. The fraction of sp³-hybridized carbons (Fsp3) is 0.500. The third-order valence-corrected chi connectivity index (χ3v) is 3.17. The SMILES string of the molecule is CC(O)c1ccc(NC(=O)NCC2CCCO2)cc1. The van der Waals surface area contributed by atoms with Gasteiger partial charge in [-0.15, -0.1) is 0 Å². The van der Waals surface area contributed by atoms with Crippen molar-refractivity contribution in [3.8, 4) is 0 Å². The van der Waals surface area contributed by atoms with Crippen LogP contribution < -0.4 is 10.6 Å². The Morgan fingerprint density at radius 3 is 2.79 bits per heavy atom. The molecule has 0 radical (unpaired) electrons. The Morgan fingerprint density at radius 2 is 2.21 bits per heavy atom. The molecule has 1 aliphatic rings. The number of ether oxygens (including phenoxy) is 1. The van der Waals surface area contributed by atoms with Crippen molar-refractivity contribution in [3.63, 3.8) is 0 Å². The maximum Gasteiger partial charge on any atom is 0.319 e. The quantitative estimate of drug-likeness (QED) is 0.779. The summed E-state index contributed by atoms with van der Waals surface area (Å²) in [6, 6.07) is 6.89. The highest BCUT2D eigenvalue weighted by molar-refractivity contribution is 5.89. The van der Waals surface area contributed by atoms with E-state index < -0.39 is 6.10 Å². The number of carbonyl (C=O) groups is 1. The number of aliphatic hydroxyl groups excluding tert-OH is 1. The minimum absolute atomic E-state index is 0.142. The second kappa shape index (κ2) is 6.54. The highest BCUT2D eigenvalue weighted by Gasteiger charge is 2.16. The lowest BCUT2D eigenvalue weighted by Crippen LogP contribution is -2.35. The second-order valence-corrected chi connectivity index (χ2v) is 4.77. The molecule has 1 fully saturated rings. The molecule has 0 aliphatic carbocycles. The Morgan fingerprint density at radius 1 is 1.47 bits per heavy atom. The predicted molar refractivity (Wildman–Crippen MR) is 73.1 cm³/mol. The van der Waals surface area contributed by atoms with Gasteiger partial charge in [0, 0.05) is 18.8 Å². The first-order chi connectivity index (χ1) is 9.15. The first-order valence-electron chi connectivity index (χ1n) is 6.59. The molecule has 0 aromatic heterocycles. The molecule has 0 saturated carbocycles. The highest BCUT2D eigenvalue weighted by Crippen LogP contribution is 2.15. The van der Waals surface area contributed by atoms with Gasteiger partial charge in [-0.1, -0.05) is 12.1 Å². The van der Waals surface area contributed by atoms with Crippen molar-refractivity contribution in [1.82, 2.24) is 5.32 Å². The zero-order valence-corrected chi connectivity index (χ0v) is 11.1. The number of rotatable bonds is 4. The number of anilines is 1. The fourth-order valence-electron chi connectivity index (χ4n) is 2.03.